The smallest absolute Gasteiger partial charge is 0.245 e. The molecule has 4 heteroatoms. The molecule has 2 aliphatic rings. The first-order chi connectivity index (χ1) is 10.0. The van der Waals surface area contributed by atoms with E-state index in [4.69, 9.17) is 0 Å². The maximum absolute atomic E-state index is 13.0. The van der Waals surface area contributed by atoms with Crippen LogP contribution in [0.25, 0.3) is 0 Å². The Labute approximate surface area is 128 Å². The van der Waals surface area contributed by atoms with Crippen molar-refractivity contribution in [1.82, 2.24) is 10.2 Å². The lowest BCUT2D eigenvalue weighted by Gasteiger charge is -2.36. The molecule has 1 N–H and O–H groups in total. The largest absolute Gasteiger partial charge is 0.344 e. The fourth-order valence-electron chi connectivity index (χ4n) is 3.71. The van der Waals surface area contributed by atoms with Crippen LogP contribution >= 0.6 is 0 Å². The van der Waals surface area contributed by atoms with E-state index in [1.165, 1.54) is 25.7 Å². The lowest BCUT2D eigenvalue weighted by Crippen LogP contribution is -2.52. The molecular weight excluding hydrogens is 264 g/mol. The number of rotatable bonds is 3. The molecule has 0 spiro atoms. The van der Waals surface area contributed by atoms with Crippen LogP contribution in [0.1, 0.15) is 65.7 Å². The summed E-state index contributed by atoms with van der Waals surface area (Å²) >= 11 is 0. The molecule has 4 atom stereocenters. The number of carbonyl (C=O) groups is 2. The summed E-state index contributed by atoms with van der Waals surface area (Å²) in [4.78, 5) is 26.9. The normalized spacial score (nSPS) is 33.1. The number of hydrogen-bond acceptors (Lipinski definition) is 2. The van der Waals surface area contributed by atoms with Gasteiger partial charge in [-0.05, 0) is 24.7 Å². The second-order valence-corrected chi connectivity index (χ2v) is 6.89. The second kappa shape index (κ2) is 7.28. The SMILES string of the molecule is CCC(C)C1NC(=O)CCN(C2CCCCCC2C)C1=O. The topological polar surface area (TPSA) is 49.4 Å². The molecule has 0 radical (unpaired) electrons. The summed E-state index contributed by atoms with van der Waals surface area (Å²) in [5.74, 6) is 0.914. The highest BCUT2D eigenvalue weighted by Gasteiger charge is 2.37. The minimum Gasteiger partial charge on any atom is -0.344 e. The second-order valence-electron chi connectivity index (χ2n) is 6.89. The van der Waals surface area contributed by atoms with E-state index in [0.717, 1.165) is 12.8 Å². The van der Waals surface area contributed by atoms with Gasteiger partial charge in [0.15, 0.2) is 0 Å². The van der Waals surface area contributed by atoms with Crippen molar-refractivity contribution in [1.29, 1.82) is 0 Å². The van der Waals surface area contributed by atoms with E-state index < -0.39 is 0 Å². The molecule has 0 aromatic carbocycles. The third-order valence-corrected chi connectivity index (χ3v) is 5.37. The Bertz CT molecular complexity index is 383. The van der Waals surface area contributed by atoms with Crippen LogP contribution in [0.2, 0.25) is 0 Å². The Morgan fingerprint density at radius 3 is 2.67 bits per heavy atom. The van der Waals surface area contributed by atoms with Crippen molar-refractivity contribution in [3.63, 3.8) is 0 Å². The first kappa shape index (κ1) is 16.3. The zero-order chi connectivity index (χ0) is 15.4. The standard InChI is InChI=1S/C17H30N2O2/c1-4-12(2)16-17(21)19(11-10-15(20)18-16)14-9-7-5-6-8-13(14)3/h12-14,16H,4-11H2,1-3H3,(H,18,20). The fraction of sp³-hybridized carbons (Fsp3) is 0.882. The molecule has 4 nitrogen and oxygen atoms in total. The first-order valence-corrected chi connectivity index (χ1v) is 8.64. The minimum atomic E-state index is -0.333. The highest BCUT2D eigenvalue weighted by atomic mass is 16.2. The van der Waals surface area contributed by atoms with Crippen molar-refractivity contribution in [2.75, 3.05) is 6.54 Å². The van der Waals surface area contributed by atoms with Gasteiger partial charge in [0, 0.05) is 19.0 Å². The third-order valence-electron chi connectivity index (χ3n) is 5.37. The van der Waals surface area contributed by atoms with E-state index in [9.17, 15) is 9.59 Å². The molecule has 1 heterocycles. The van der Waals surface area contributed by atoms with Gasteiger partial charge in [-0.1, -0.05) is 46.5 Å². The van der Waals surface area contributed by atoms with Crippen LogP contribution in [-0.4, -0.2) is 35.3 Å². The van der Waals surface area contributed by atoms with Crippen LogP contribution in [0.15, 0.2) is 0 Å². The number of amides is 2. The van der Waals surface area contributed by atoms with Gasteiger partial charge in [-0.2, -0.15) is 0 Å². The van der Waals surface area contributed by atoms with Gasteiger partial charge >= 0.3 is 0 Å². The van der Waals surface area contributed by atoms with Gasteiger partial charge in [0.1, 0.15) is 6.04 Å². The Kier molecular flexibility index (Phi) is 5.65. The van der Waals surface area contributed by atoms with Gasteiger partial charge in [-0.15, -0.1) is 0 Å². The number of nitrogens with zero attached hydrogens (tertiary/aromatic N) is 1. The van der Waals surface area contributed by atoms with Gasteiger partial charge in [0.2, 0.25) is 11.8 Å². The molecule has 2 amide bonds. The van der Waals surface area contributed by atoms with Gasteiger partial charge in [-0.3, -0.25) is 9.59 Å². The van der Waals surface area contributed by atoms with Gasteiger partial charge in [-0.25, -0.2) is 0 Å². The minimum absolute atomic E-state index is 0.0254. The van der Waals surface area contributed by atoms with Crippen LogP contribution in [0, 0.1) is 11.8 Å². The van der Waals surface area contributed by atoms with E-state index in [1.807, 2.05) is 4.90 Å². The summed E-state index contributed by atoms with van der Waals surface area (Å²) in [7, 11) is 0. The molecule has 0 bridgehead atoms. The molecule has 120 valence electrons. The van der Waals surface area contributed by atoms with Crippen molar-refractivity contribution < 1.29 is 9.59 Å². The summed E-state index contributed by atoms with van der Waals surface area (Å²) < 4.78 is 0. The molecule has 2 rings (SSSR count). The monoisotopic (exact) mass is 294 g/mol. The average Bonchev–Trinajstić information content (AvgIpc) is 2.76. The van der Waals surface area contributed by atoms with Gasteiger partial charge in [0.25, 0.3) is 0 Å². The summed E-state index contributed by atoms with van der Waals surface area (Å²) in [6.07, 6.45) is 7.39. The van der Waals surface area contributed by atoms with Gasteiger partial charge in [0.05, 0.1) is 0 Å². The maximum atomic E-state index is 13.0. The molecule has 0 aromatic heterocycles. The van der Waals surface area contributed by atoms with Crippen LogP contribution in [0.4, 0.5) is 0 Å². The van der Waals surface area contributed by atoms with Crippen molar-refractivity contribution in [2.45, 2.75) is 77.8 Å². The highest BCUT2D eigenvalue weighted by Crippen LogP contribution is 2.29. The lowest BCUT2D eigenvalue weighted by molar-refractivity contribution is -0.138. The summed E-state index contributed by atoms with van der Waals surface area (Å²) in [5, 5.41) is 2.95. The van der Waals surface area contributed by atoms with Crippen molar-refractivity contribution >= 4 is 11.8 Å². The quantitative estimate of drug-likeness (QED) is 0.814. The Balaban J connectivity index is 2.19. The van der Waals surface area contributed by atoms with E-state index in [0.29, 0.717) is 24.9 Å². The molecule has 0 aromatic rings. The third kappa shape index (κ3) is 3.78. The number of nitrogens with one attached hydrogen (secondary N) is 1. The van der Waals surface area contributed by atoms with Crippen molar-refractivity contribution in [3.05, 3.63) is 0 Å². The number of hydrogen-bond donors (Lipinski definition) is 1. The molecule has 1 aliphatic carbocycles. The summed E-state index contributed by atoms with van der Waals surface area (Å²) in [6, 6.07) is -0.0142. The van der Waals surface area contributed by atoms with Crippen LogP contribution < -0.4 is 5.32 Å². The Hall–Kier alpha value is -1.06. The summed E-state index contributed by atoms with van der Waals surface area (Å²) in [5.41, 5.74) is 0. The van der Waals surface area contributed by atoms with E-state index in [-0.39, 0.29) is 23.8 Å². The highest BCUT2D eigenvalue weighted by molar-refractivity contribution is 5.90. The van der Waals surface area contributed by atoms with Crippen LogP contribution in [0.3, 0.4) is 0 Å². The zero-order valence-electron chi connectivity index (χ0n) is 13.7. The van der Waals surface area contributed by atoms with E-state index >= 15 is 0 Å². The van der Waals surface area contributed by atoms with Crippen molar-refractivity contribution in [3.8, 4) is 0 Å². The average molecular weight is 294 g/mol. The molecule has 1 saturated heterocycles. The molecular formula is C17H30N2O2. The zero-order valence-corrected chi connectivity index (χ0v) is 13.7. The predicted octanol–water partition coefficient (Wildman–Crippen LogP) is 2.72. The number of carbonyl (C=O) groups excluding carboxylic acids is 2. The maximum Gasteiger partial charge on any atom is 0.245 e. The molecule has 4 unspecified atom stereocenters. The molecule has 1 saturated carbocycles. The summed E-state index contributed by atoms with van der Waals surface area (Å²) in [6.45, 7) is 6.99. The molecule has 21 heavy (non-hydrogen) atoms. The molecule has 1 aliphatic heterocycles. The lowest BCUT2D eigenvalue weighted by atomic mass is 9.92. The Morgan fingerprint density at radius 1 is 1.24 bits per heavy atom. The predicted molar refractivity (Wildman–Crippen MR) is 83.8 cm³/mol. The van der Waals surface area contributed by atoms with Crippen LogP contribution in [0.5, 0.6) is 0 Å². The van der Waals surface area contributed by atoms with Gasteiger partial charge < -0.3 is 10.2 Å². The van der Waals surface area contributed by atoms with E-state index in [2.05, 4.69) is 26.1 Å². The van der Waals surface area contributed by atoms with Crippen LogP contribution in [-0.2, 0) is 9.59 Å². The fourth-order valence-corrected chi connectivity index (χ4v) is 3.71. The molecule has 2 fully saturated rings. The Morgan fingerprint density at radius 2 is 1.95 bits per heavy atom. The van der Waals surface area contributed by atoms with Crippen molar-refractivity contribution in [2.24, 2.45) is 11.8 Å². The van der Waals surface area contributed by atoms with E-state index in [1.54, 1.807) is 0 Å². The first-order valence-electron chi connectivity index (χ1n) is 8.64.